The van der Waals surface area contributed by atoms with Crippen molar-refractivity contribution in [3.05, 3.63) is 23.2 Å². The number of amides is 1. The summed E-state index contributed by atoms with van der Waals surface area (Å²) in [5.41, 5.74) is 0.254. The molecule has 0 bridgehead atoms. The zero-order valence-corrected chi connectivity index (χ0v) is 12.9. The van der Waals surface area contributed by atoms with E-state index in [-0.39, 0.29) is 17.2 Å². The van der Waals surface area contributed by atoms with Crippen LogP contribution in [0.2, 0.25) is 5.02 Å². The highest BCUT2D eigenvalue weighted by Crippen LogP contribution is 2.37. The van der Waals surface area contributed by atoms with Gasteiger partial charge in [-0.3, -0.25) is 4.79 Å². The number of carbonyl (C=O) groups is 1. The van der Waals surface area contributed by atoms with Crippen LogP contribution < -0.4 is 15.4 Å². The number of halogens is 1. The summed E-state index contributed by atoms with van der Waals surface area (Å²) in [6.45, 7) is 5.75. The van der Waals surface area contributed by atoms with Crippen molar-refractivity contribution in [2.75, 3.05) is 25.5 Å². The third-order valence-corrected chi connectivity index (χ3v) is 4.39. The van der Waals surface area contributed by atoms with Gasteiger partial charge in [-0.05, 0) is 37.1 Å². The summed E-state index contributed by atoms with van der Waals surface area (Å²) >= 11 is 5.99. The van der Waals surface area contributed by atoms with Crippen molar-refractivity contribution < 1.29 is 9.53 Å². The Labute approximate surface area is 124 Å². The fourth-order valence-electron chi connectivity index (χ4n) is 2.68. The maximum atomic E-state index is 12.7. The van der Waals surface area contributed by atoms with E-state index in [2.05, 4.69) is 24.5 Å². The quantitative estimate of drug-likeness (QED) is 0.898. The van der Waals surface area contributed by atoms with Gasteiger partial charge < -0.3 is 15.4 Å². The molecule has 1 unspecified atom stereocenters. The molecule has 1 heterocycles. The first kappa shape index (κ1) is 15.1. The predicted octanol–water partition coefficient (Wildman–Crippen LogP) is 2.92. The van der Waals surface area contributed by atoms with Gasteiger partial charge in [0.15, 0.2) is 0 Å². The van der Waals surface area contributed by atoms with E-state index in [0.29, 0.717) is 23.0 Å². The Morgan fingerprint density at radius 3 is 2.80 bits per heavy atom. The second kappa shape index (κ2) is 6.02. The molecule has 20 heavy (non-hydrogen) atoms. The molecule has 0 saturated carbocycles. The standard InChI is InChI=1S/C15H21ClN2O2/c1-10(2)15(6-7-17-9-15)14(19)18-12-8-11(16)4-5-13(12)20-3/h4-5,8,10,17H,6-7,9H2,1-3H3,(H,18,19). The van der Waals surface area contributed by atoms with E-state index in [1.807, 2.05) is 0 Å². The van der Waals surface area contributed by atoms with E-state index in [1.54, 1.807) is 25.3 Å². The van der Waals surface area contributed by atoms with Gasteiger partial charge >= 0.3 is 0 Å². The summed E-state index contributed by atoms with van der Waals surface area (Å²) in [4.78, 5) is 12.7. The van der Waals surface area contributed by atoms with Crippen molar-refractivity contribution in [1.82, 2.24) is 5.32 Å². The summed E-state index contributed by atoms with van der Waals surface area (Å²) in [6, 6.07) is 5.22. The van der Waals surface area contributed by atoms with Gasteiger partial charge in [-0.15, -0.1) is 0 Å². The molecule has 4 nitrogen and oxygen atoms in total. The Morgan fingerprint density at radius 2 is 2.25 bits per heavy atom. The summed E-state index contributed by atoms with van der Waals surface area (Å²) in [6.07, 6.45) is 0.847. The minimum absolute atomic E-state index is 0.0260. The normalized spacial score (nSPS) is 22.1. The monoisotopic (exact) mass is 296 g/mol. The van der Waals surface area contributed by atoms with E-state index in [0.717, 1.165) is 13.0 Å². The molecule has 1 saturated heterocycles. The molecule has 1 amide bonds. The molecule has 0 aromatic heterocycles. The molecule has 1 aromatic carbocycles. The molecule has 2 rings (SSSR count). The van der Waals surface area contributed by atoms with Crippen LogP contribution in [0.1, 0.15) is 20.3 Å². The van der Waals surface area contributed by atoms with E-state index >= 15 is 0 Å². The number of rotatable bonds is 4. The van der Waals surface area contributed by atoms with Crippen LogP contribution in [0.4, 0.5) is 5.69 Å². The summed E-state index contributed by atoms with van der Waals surface area (Å²) in [5, 5.41) is 6.83. The van der Waals surface area contributed by atoms with E-state index in [4.69, 9.17) is 16.3 Å². The fourth-order valence-corrected chi connectivity index (χ4v) is 2.86. The molecule has 2 N–H and O–H groups in total. The van der Waals surface area contributed by atoms with Crippen molar-refractivity contribution in [2.24, 2.45) is 11.3 Å². The molecule has 0 aliphatic carbocycles. The van der Waals surface area contributed by atoms with Crippen molar-refractivity contribution in [2.45, 2.75) is 20.3 Å². The van der Waals surface area contributed by atoms with Crippen LogP contribution in [0.15, 0.2) is 18.2 Å². The molecule has 1 aromatic rings. The topological polar surface area (TPSA) is 50.4 Å². The van der Waals surface area contributed by atoms with Gasteiger partial charge in [0.2, 0.25) is 5.91 Å². The minimum atomic E-state index is -0.368. The smallest absolute Gasteiger partial charge is 0.232 e. The minimum Gasteiger partial charge on any atom is -0.495 e. The number of hydrogen-bond donors (Lipinski definition) is 2. The first-order chi connectivity index (χ1) is 9.49. The van der Waals surface area contributed by atoms with Crippen molar-refractivity contribution >= 4 is 23.2 Å². The van der Waals surface area contributed by atoms with Gasteiger partial charge in [0.1, 0.15) is 5.75 Å². The van der Waals surface area contributed by atoms with Gasteiger partial charge in [-0.25, -0.2) is 0 Å². The lowest BCUT2D eigenvalue weighted by atomic mass is 9.75. The van der Waals surface area contributed by atoms with Crippen molar-refractivity contribution in [1.29, 1.82) is 0 Å². The van der Waals surface area contributed by atoms with Crippen LogP contribution in [0.25, 0.3) is 0 Å². The van der Waals surface area contributed by atoms with Gasteiger partial charge in [0, 0.05) is 11.6 Å². The Hall–Kier alpha value is -1.26. The molecular formula is C15H21ClN2O2. The summed E-state index contributed by atoms with van der Waals surface area (Å²) in [5.74, 6) is 0.911. The van der Waals surface area contributed by atoms with Crippen LogP contribution in [0.3, 0.4) is 0 Å². The number of anilines is 1. The lowest BCUT2D eigenvalue weighted by molar-refractivity contribution is -0.126. The Balaban J connectivity index is 2.25. The Kier molecular flexibility index (Phi) is 4.55. The Morgan fingerprint density at radius 1 is 1.50 bits per heavy atom. The fraction of sp³-hybridized carbons (Fsp3) is 0.533. The van der Waals surface area contributed by atoms with Crippen LogP contribution in [0, 0.1) is 11.3 Å². The number of methoxy groups -OCH3 is 1. The van der Waals surface area contributed by atoms with Gasteiger partial charge in [0.05, 0.1) is 18.2 Å². The second-order valence-corrected chi connectivity index (χ2v) is 5.97. The zero-order chi connectivity index (χ0) is 14.8. The third kappa shape index (κ3) is 2.76. The van der Waals surface area contributed by atoms with Gasteiger partial charge in [0.25, 0.3) is 0 Å². The van der Waals surface area contributed by atoms with E-state index < -0.39 is 0 Å². The van der Waals surface area contributed by atoms with Gasteiger partial charge in [-0.2, -0.15) is 0 Å². The highest BCUT2D eigenvalue weighted by molar-refractivity contribution is 6.31. The SMILES string of the molecule is COc1ccc(Cl)cc1NC(=O)C1(C(C)C)CCNC1. The first-order valence-corrected chi connectivity index (χ1v) is 7.23. The molecular weight excluding hydrogens is 276 g/mol. The molecule has 1 aliphatic heterocycles. The van der Waals surface area contributed by atoms with Crippen LogP contribution in [-0.2, 0) is 4.79 Å². The molecule has 5 heteroatoms. The van der Waals surface area contributed by atoms with E-state index in [9.17, 15) is 4.79 Å². The first-order valence-electron chi connectivity index (χ1n) is 6.85. The largest absolute Gasteiger partial charge is 0.495 e. The maximum absolute atomic E-state index is 12.7. The van der Waals surface area contributed by atoms with Crippen LogP contribution >= 0.6 is 11.6 Å². The molecule has 1 aliphatic rings. The average Bonchev–Trinajstić information content (AvgIpc) is 2.89. The molecule has 0 radical (unpaired) electrons. The number of nitrogens with one attached hydrogen (secondary N) is 2. The maximum Gasteiger partial charge on any atom is 0.232 e. The summed E-state index contributed by atoms with van der Waals surface area (Å²) in [7, 11) is 1.58. The summed E-state index contributed by atoms with van der Waals surface area (Å²) < 4.78 is 5.27. The lowest BCUT2D eigenvalue weighted by Crippen LogP contribution is -2.42. The highest BCUT2D eigenvalue weighted by Gasteiger charge is 2.44. The number of carbonyl (C=O) groups excluding carboxylic acids is 1. The Bertz CT molecular complexity index is 497. The number of benzene rings is 1. The number of ether oxygens (including phenoxy) is 1. The third-order valence-electron chi connectivity index (χ3n) is 4.16. The van der Waals surface area contributed by atoms with Crippen LogP contribution in [0.5, 0.6) is 5.75 Å². The van der Waals surface area contributed by atoms with Crippen molar-refractivity contribution in [3.63, 3.8) is 0 Å². The molecule has 1 fully saturated rings. The number of hydrogen-bond acceptors (Lipinski definition) is 3. The van der Waals surface area contributed by atoms with Crippen molar-refractivity contribution in [3.8, 4) is 5.75 Å². The lowest BCUT2D eigenvalue weighted by Gasteiger charge is -2.31. The molecule has 110 valence electrons. The zero-order valence-electron chi connectivity index (χ0n) is 12.1. The van der Waals surface area contributed by atoms with Gasteiger partial charge in [-0.1, -0.05) is 25.4 Å². The average molecular weight is 297 g/mol. The predicted molar refractivity (Wildman–Crippen MR) is 81.4 cm³/mol. The van der Waals surface area contributed by atoms with E-state index in [1.165, 1.54) is 0 Å². The highest BCUT2D eigenvalue weighted by atomic mass is 35.5. The molecule has 1 atom stereocenters. The second-order valence-electron chi connectivity index (χ2n) is 5.54. The molecule has 0 spiro atoms. The van der Waals surface area contributed by atoms with Crippen LogP contribution in [-0.4, -0.2) is 26.1 Å².